The summed E-state index contributed by atoms with van der Waals surface area (Å²) in [5.41, 5.74) is -0.414. The third-order valence-corrected chi connectivity index (χ3v) is 2.92. The maximum atomic E-state index is 11.6. The molecule has 0 aromatic carbocycles. The summed E-state index contributed by atoms with van der Waals surface area (Å²) in [5.74, 6) is 0.470. The largest absolute Gasteiger partial charge is 0.380 e. The summed E-state index contributed by atoms with van der Waals surface area (Å²) in [4.78, 5) is 22.8. The highest BCUT2D eigenvalue weighted by atomic mass is 16.5. The molecule has 0 amide bonds. The zero-order valence-electron chi connectivity index (χ0n) is 8.97. The molecule has 0 unspecified atom stereocenters. The van der Waals surface area contributed by atoms with Crippen LogP contribution >= 0.6 is 0 Å². The highest BCUT2D eigenvalue weighted by Crippen LogP contribution is 2.29. The Balaban J connectivity index is 2.47. The van der Waals surface area contributed by atoms with Gasteiger partial charge >= 0.3 is 0 Å². The number of rotatable bonds is 4. The lowest BCUT2D eigenvalue weighted by atomic mass is 9.79. The molecule has 0 aromatic heterocycles. The van der Waals surface area contributed by atoms with Crippen LogP contribution in [0.2, 0.25) is 0 Å². The number of hydrogen-bond acceptors (Lipinski definition) is 3. The highest BCUT2D eigenvalue weighted by Gasteiger charge is 2.35. The number of carbonyl (C=O) groups excluding carboxylic acids is 2. The summed E-state index contributed by atoms with van der Waals surface area (Å²) >= 11 is 0. The van der Waals surface area contributed by atoms with Gasteiger partial charge in [-0.15, -0.1) is 0 Å². The van der Waals surface area contributed by atoms with Gasteiger partial charge in [0.05, 0.1) is 13.2 Å². The van der Waals surface area contributed by atoms with Gasteiger partial charge in [-0.25, -0.2) is 0 Å². The molecule has 80 valence electrons. The minimum atomic E-state index is -0.414. The smallest absolute Gasteiger partial charge is 0.143 e. The van der Waals surface area contributed by atoms with Gasteiger partial charge in [-0.1, -0.05) is 13.8 Å². The van der Waals surface area contributed by atoms with Crippen LogP contribution in [0.15, 0.2) is 0 Å². The molecular weight excluding hydrogens is 180 g/mol. The van der Waals surface area contributed by atoms with E-state index in [0.717, 1.165) is 0 Å². The Bertz CT molecular complexity index is 235. The van der Waals surface area contributed by atoms with Gasteiger partial charge in [0.15, 0.2) is 0 Å². The molecule has 1 saturated heterocycles. The Morgan fingerprint density at radius 3 is 2.86 bits per heavy atom. The Morgan fingerprint density at radius 1 is 1.57 bits per heavy atom. The molecule has 14 heavy (non-hydrogen) atoms. The van der Waals surface area contributed by atoms with E-state index in [0.29, 0.717) is 38.9 Å². The van der Waals surface area contributed by atoms with Gasteiger partial charge < -0.3 is 4.74 Å². The molecule has 0 aromatic rings. The first kappa shape index (κ1) is 11.4. The van der Waals surface area contributed by atoms with Crippen molar-refractivity contribution in [1.29, 1.82) is 0 Å². The van der Waals surface area contributed by atoms with Crippen molar-refractivity contribution < 1.29 is 14.3 Å². The molecule has 1 aliphatic rings. The Labute approximate surface area is 84.8 Å². The lowest BCUT2D eigenvalue weighted by Crippen LogP contribution is -2.38. The van der Waals surface area contributed by atoms with E-state index in [4.69, 9.17) is 4.74 Å². The first-order valence-corrected chi connectivity index (χ1v) is 5.21. The predicted octanol–water partition coefficient (Wildman–Crippen LogP) is 1.74. The molecule has 1 atom stereocenters. The average Bonchev–Trinajstić information content (AvgIpc) is 2.19. The van der Waals surface area contributed by atoms with Crippen molar-refractivity contribution in [2.24, 2.45) is 5.41 Å². The number of ether oxygens (including phenoxy) is 1. The summed E-state index contributed by atoms with van der Waals surface area (Å²) in [6, 6.07) is 0. The lowest BCUT2D eigenvalue weighted by Gasteiger charge is -2.31. The highest BCUT2D eigenvalue weighted by molar-refractivity contribution is 5.86. The van der Waals surface area contributed by atoms with E-state index >= 15 is 0 Å². The standard InChI is InChI=1S/C11H18O3/c1-3-9(12)4-6-11(2)8-14-7-5-10(11)13/h3-8H2,1-2H3/t11-/m1/s1. The molecular formula is C11H18O3. The quantitative estimate of drug-likeness (QED) is 0.691. The van der Waals surface area contributed by atoms with Crippen LogP contribution in [0, 0.1) is 5.41 Å². The molecule has 0 N–H and O–H groups in total. The molecule has 1 fully saturated rings. The molecule has 0 bridgehead atoms. The van der Waals surface area contributed by atoms with E-state index in [1.807, 2.05) is 13.8 Å². The summed E-state index contributed by atoms with van der Waals surface area (Å²) < 4.78 is 5.29. The summed E-state index contributed by atoms with van der Waals surface area (Å²) in [7, 11) is 0. The van der Waals surface area contributed by atoms with E-state index in [1.165, 1.54) is 0 Å². The zero-order valence-corrected chi connectivity index (χ0v) is 8.97. The van der Waals surface area contributed by atoms with Crippen LogP contribution < -0.4 is 0 Å². The monoisotopic (exact) mass is 198 g/mol. The van der Waals surface area contributed by atoms with Crippen molar-refractivity contribution >= 4 is 11.6 Å². The maximum absolute atomic E-state index is 11.6. The van der Waals surface area contributed by atoms with Gasteiger partial charge in [-0.05, 0) is 6.42 Å². The second kappa shape index (κ2) is 4.69. The molecule has 1 rings (SSSR count). The molecule has 1 aliphatic heterocycles. The van der Waals surface area contributed by atoms with Gasteiger partial charge in [-0.3, -0.25) is 9.59 Å². The minimum absolute atomic E-state index is 0.226. The SMILES string of the molecule is CCC(=O)CC[C@]1(C)COCCC1=O. The van der Waals surface area contributed by atoms with Gasteiger partial charge in [0.1, 0.15) is 11.6 Å². The number of hydrogen-bond donors (Lipinski definition) is 0. The van der Waals surface area contributed by atoms with Crippen LogP contribution in [0.5, 0.6) is 0 Å². The number of carbonyl (C=O) groups is 2. The van der Waals surface area contributed by atoms with Crippen molar-refractivity contribution in [2.75, 3.05) is 13.2 Å². The topological polar surface area (TPSA) is 43.4 Å². The van der Waals surface area contributed by atoms with Crippen molar-refractivity contribution in [1.82, 2.24) is 0 Å². The minimum Gasteiger partial charge on any atom is -0.380 e. The second-order valence-corrected chi connectivity index (χ2v) is 4.18. The van der Waals surface area contributed by atoms with Gasteiger partial charge in [0.2, 0.25) is 0 Å². The Morgan fingerprint density at radius 2 is 2.29 bits per heavy atom. The summed E-state index contributed by atoms with van der Waals surface area (Å²) in [6.45, 7) is 4.76. The first-order valence-electron chi connectivity index (χ1n) is 5.21. The molecule has 3 nitrogen and oxygen atoms in total. The van der Waals surface area contributed by atoms with E-state index in [9.17, 15) is 9.59 Å². The fraction of sp³-hybridized carbons (Fsp3) is 0.818. The summed E-state index contributed by atoms with van der Waals surface area (Å²) in [5, 5.41) is 0. The van der Waals surface area contributed by atoms with Crippen LogP contribution in [0.3, 0.4) is 0 Å². The van der Waals surface area contributed by atoms with Crippen LogP contribution in [-0.4, -0.2) is 24.8 Å². The Kier molecular flexibility index (Phi) is 3.81. The fourth-order valence-electron chi connectivity index (χ4n) is 1.65. The molecule has 1 heterocycles. The van der Waals surface area contributed by atoms with Crippen LogP contribution in [0.1, 0.15) is 39.5 Å². The molecule has 0 spiro atoms. The normalized spacial score (nSPS) is 27.7. The van der Waals surface area contributed by atoms with Crippen molar-refractivity contribution in [2.45, 2.75) is 39.5 Å². The van der Waals surface area contributed by atoms with Gasteiger partial charge in [-0.2, -0.15) is 0 Å². The lowest BCUT2D eigenvalue weighted by molar-refractivity contribution is -0.139. The van der Waals surface area contributed by atoms with Crippen LogP contribution in [-0.2, 0) is 14.3 Å². The number of Topliss-reactive ketones (excluding diaryl/α,β-unsaturated/α-hetero) is 2. The van der Waals surface area contributed by atoms with E-state index < -0.39 is 5.41 Å². The molecule has 0 aliphatic carbocycles. The maximum Gasteiger partial charge on any atom is 0.143 e. The van der Waals surface area contributed by atoms with Gasteiger partial charge in [0, 0.05) is 24.7 Å². The van der Waals surface area contributed by atoms with E-state index in [1.54, 1.807) is 0 Å². The van der Waals surface area contributed by atoms with Crippen molar-refractivity contribution in [3.8, 4) is 0 Å². The first-order chi connectivity index (χ1) is 6.58. The van der Waals surface area contributed by atoms with E-state index in [-0.39, 0.29) is 11.6 Å². The van der Waals surface area contributed by atoms with E-state index in [2.05, 4.69) is 0 Å². The fourth-order valence-corrected chi connectivity index (χ4v) is 1.65. The van der Waals surface area contributed by atoms with Crippen LogP contribution in [0.4, 0.5) is 0 Å². The second-order valence-electron chi connectivity index (χ2n) is 4.18. The third-order valence-electron chi connectivity index (χ3n) is 2.92. The average molecular weight is 198 g/mol. The third kappa shape index (κ3) is 2.64. The molecule has 0 saturated carbocycles. The molecule has 3 heteroatoms. The number of ketones is 2. The van der Waals surface area contributed by atoms with Crippen molar-refractivity contribution in [3.05, 3.63) is 0 Å². The molecule has 0 radical (unpaired) electrons. The van der Waals surface area contributed by atoms with Crippen molar-refractivity contribution in [3.63, 3.8) is 0 Å². The predicted molar refractivity (Wildman–Crippen MR) is 53.1 cm³/mol. The van der Waals surface area contributed by atoms with Gasteiger partial charge in [0.25, 0.3) is 0 Å². The van der Waals surface area contributed by atoms with Crippen LogP contribution in [0.25, 0.3) is 0 Å². The Hall–Kier alpha value is -0.700. The zero-order chi connectivity index (χ0) is 10.6. The summed E-state index contributed by atoms with van der Waals surface area (Å²) in [6.07, 6.45) is 2.20.